The van der Waals surface area contributed by atoms with Gasteiger partial charge in [-0.15, -0.1) is 11.3 Å². The summed E-state index contributed by atoms with van der Waals surface area (Å²) in [6.45, 7) is 5.53. The molecule has 1 saturated carbocycles. The molecule has 2 fully saturated rings. The Morgan fingerprint density at radius 2 is 2.04 bits per heavy atom. The quantitative estimate of drug-likeness (QED) is 0.761. The van der Waals surface area contributed by atoms with Gasteiger partial charge in [-0.05, 0) is 55.3 Å². The Morgan fingerprint density at radius 1 is 1.26 bits per heavy atom. The first-order chi connectivity index (χ1) is 11.2. The summed E-state index contributed by atoms with van der Waals surface area (Å²) in [5.74, 6) is 2.00. The van der Waals surface area contributed by atoms with Crippen LogP contribution in [0.25, 0.3) is 0 Å². The average Bonchev–Trinajstić information content (AvgIpc) is 3.15. The molecule has 1 aliphatic carbocycles. The van der Waals surface area contributed by atoms with E-state index in [0.717, 1.165) is 29.6 Å². The van der Waals surface area contributed by atoms with Gasteiger partial charge in [-0.1, -0.05) is 13.0 Å². The maximum Gasteiger partial charge on any atom is 0.199 e. The molecule has 0 bridgehead atoms. The Balaban J connectivity index is 1.56. The first kappa shape index (κ1) is 15.5. The lowest BCUT2D eigenvalue weighted by atomic mass is 10.00. The highest BCUT2D eigenvalue weighted by Gasteiger charge is 2.29. The van der Waals surface area contributed by atoms with Crippen molar-refractivity contribution in [2.75, 3.05) is 13.1 Å². The van der Waals surface area contributed by atoms with Crippen LogP contribution >= 0.6 is 23.6 Å². The summed E-state index contributed by atoms with van der Waals surface area (Å²) in [6.07, 6.45) is 5.98. The number of aromatic nitrogens is 3. The zero-order valence-electron chi connectivity index (χ0n) is 13.6. The van der Waals surface area contributed by atoms with Gasteiger partial charge in [-0.2, -0.15) is 5.10 Å². The summed E-state index contributed by atoms with van der Waals surface area (Å²) in [5.41, 5.74) is 0. The Hall–Kier alpha value is -0.980. The van der Waals surface area contributed by atoms with Crippen molar-refractivity contribution >= 4 is 23.6 Å². The molecule has 4 nitrogen and oxygen atoms in total. The van der Waals surface area contributed by atoms with Gasteiger partial charge in [-0.25, -0.2) is 4.68 Å². The lowest BCUT2D eigenvalue weighted by Crippen LogP contribution is -2.34. The fourth-order valence-corrected chi connectivity index (χ4v) is 4.39. The average molecular weight is 349 g/mol. The predicted molar refractivity (Wildman–Crippen MR) is 96.4 cm³/mol. The zero-order valence-corrected chi connectivity index (χ0v) is 15.3. The molecule has 0 radical (unpaired) electrons. The first-order valence-corrected chi connectivity index (χ1v) is 9.92. The van der Waals surface area contributed by atoms with Crippen molar-refractivity contribution in [2.45, 2.75) is 51.7 Å². The lowest BCUT2D eigenvalue weighted by molar-refractivity contribution is 0.145. The van der Waals surface area contributed by atoms with E-state index in [2.05, 4.69) is 38.6 Å². The molecule has 0 aromatic carbocycles. The topological polar surface area (TPSA) is 26.0 Å². The van der Waals surface area contributed by atoms with E-state index in [4.69, 9.17) is 17.3 Å². The Labute approximate surface area is 146 Å². The van der Waals surface area contributed by atoms with Crippen LogP contribution in [0.5, 0.6) is 0 Å². The van der Waals surface area contributed by atoms with Crippen molar-refractivity contribution in [2.24, 2.45) is 5.92 Å². The van der Waals surface area contributed by atoms with E-state index in [1.54, 1.807) is 11.3 Å². The standard InChI is InChI=1S/C17H24N4S2/c1-13-6-8-19(9-7-13)12-20-17(22)21(14-4-5-14)16(18-20)11-15-3-2-10-23-15/h2-3,10,13-14H,4-9,11-12H2,1H3. The molecular weight excluding hydrogens is 324 g/mol. The SMILES string of the molecule is CC1CCN(Cn2nc(Cc3cccs3)n(C3CC3)c2=S)CC1. The van der Waals surface area contributed by atoms with Crippen LogP contribution in [-0.4, -0.2) is 32.3 Å². The minimum atomic E-state index is 0.590. The maximum atomic E-state index is 5.76. The second-order valence-corrected chi connectivity index (χ2v) is 8.40. The van der Waals surface area contributed by atoms with E-state index in [0.29, 0.717) is 6.04 Å². The van der Waals surface area contributed by atoms with Gasteiger partial charge < -0.3 is 4.57 Å². The monoisotopic (exact) mass is 348 g/mol. The van der Waals surface area contributed by atoms with Crippen LogP contribution in [0, 0.1) is 10.7 Å². The summed E-state index contributed by atoms with van der Waals surface area (Å²) in [5, 5.41) is 7.04. The fraction of sp³-hybridized carbons (Fsp3) is 0.647. The summed E-state index contributed by atoms with van der Waals surface area (Å²) < 4.78 is 5.30. The van der Waals surface area contributed by atoms with Crippen LogP contribution in [-0.2, 0) is 13.1 Å². The molecule has 1 saturated heterocycles. The van der Waals surface area contributed by atoms with Gasteiger partial charge >= 0.3 is 0 Å². The van der Waals surface area contributed by atoms with Gasteiger partial charge in [0.25, 0.3) is 0 Å². The Bertz CT molecular complexity index is 704. The number of likely N-dealkylation sites (tertiary alicyclic amines) is 1. The minimum absolute atomic E-state index is 0.590. The van der Waals surface area contributed by atoms with Crippen molar-refractivity contribution in [3.05, 3.63) is 33.0 Å². The summed E-state index contributed by atoms with van der Waals surface area (Å²) in [6, 6.07) is 4.89. The molecule has 2 aromatic rings. The third kappa shape index (κ3) is 3.44. The molecule has 2 aromatic heterocycles. The van der Waals surface area contributed by atoms with Crippen LogP contribution in [0.1, 0.15) is 49.4 Å². The summed E-state index contributed by atoms with van der Waals surface area (Å²) in [7, 11) is 0. The van der Waals surface area contributed by atoms with E-state index in [9.17, 15) is 0 Å². The van der Waals surface area contributed by atoms with E-state index in [1.807, 2.05) is 0 Å². The van der Waals surface area contributed by atoms with Crippen molar-refractivity contribution < 1.29 is 0 Å². The lowest BCUT2D eigenvalue weighted by Gasteiger charge is -2.29. The number of nitrogens with zero attached hydrogens (tertiary/aromatic N) is 4. The summed E-state index contributed by atoms with van der Waals surface area (Å²) >= 11 is 7.56. The molecule has 0 spiro atoms. The largest absolute Gasteiger partial charge is 0.301 e. The van der Waals surface area contributed by atoms with Crippen molar-refractivity contribution in [1.82, 2.24) is 19.2 Å². The van der Waals surface area contributed by atoms with Gasteiger partial charge in [0.1, 0.15) is 5.82 Å². The second kappa shape index (κ2) is 6.49. The van der Waals surface area contributed by atoms with Gasteiger partial charge in [0, 0.05) is 30.4 Å². The van der Waals surface area contributed by atoms with Crippen LogP contribution in [0.3, 0.4) is 0 Å². The normalized spacial score (nSPS) is 20.2. The van der Waals surface area contributed by atoms with E-state index in [1.165, 1.54) is 43.6 Å². The number of piperidine rings is 1. The molecular formula is C17H24N4S2. The second-order valence-electron chi connectivity index (χ2n) is 7.00. The Morgan fingerprint density at radius 3 is 2.70 bits per heavy atom. The smallest absolute Gasteiger partial charge is 0.199 e. The molecule has 0 N–H and O–H groups in total. The molecule has 0 atom stereocenters. The molecule has 2 aliphatic rings. The number of thiophene rings is 1. The third-order valence-electron chi connectivity index (χ3n) is 4.98. The highest BCUT2D eigenvalue weighted by Crippen LogP contribution is 2.36. The number of hydrogen-bond acceptors (Lipinski definition) is 4. The highest BCUT2D eigenvalue weighted by atomic mass is 32.1. The van der Waals surface area contributed by atoms with Crippen LogP contribution in [0.4, 0.5) is 0 Å². The van der Waals surface area contributed by atoms with Gasteiger partial charge in [0.2, 0.25) is 0 Å². The minimum Gasteiger partial charge on any atom is -0.301 e. The Kier molecular flexibility index (Phi) is 4.39. The first-order valence-electron chi connectivity index (χ1n) is 8.63. The highest BCUT2D eigenvalue weighted by molar-refractivity contribution is 7.71. The molecule has 0 amide bonds. The van der Waals surface area contributed by atoms with Gasteiger partial charge in [0.05, 0.1) is 6.67 Å². The van der Waals surface area contributed by atoms with Gasteiger partial charge in [0.15, 0.2) is 4.77 Å². The summed E-state index contributed by atoms with van der Waals surface area (Å²) in [4.78, 5) is 3.86. The van der Waals surface area contributed by atoms with E-state index >= 15 is 0 Å². The van der Waals surface area contributed by atoms with Crippen LogP contribution in [0.2, 0.25) is 0 Å². The van der Waals surface area contributed by atoms with Crippen molar-refractivity contribution in [3.63, 3.8) is 0 Å². The predicted octanol–water partition coefficient (Wildman–Crippen LogP) is 4.09. The molecule has 6 heteroatoms. The zero-order chi connectivity index (χ0) is 15.8. The number of rotatable bonds is 5. The molecule has 124 valence electrons. The molecule has 3 heterocycles. The van der Waals surface area contributed by atoms with Gasteiger partial charge in [-0.3, -0.25) is 4.90 Å². The van der Waals surface area contributed by atoms with E-state index < -0.39 is 0 Å². The molecule has 0 unspecified atom stereocenters. The van der Waals surface area contributed by atoms with Crippen molar-refractivity contribution in [3.8, 4) is 0 Å². The maximum absolute atomic E-state index is 5.76. The third-order valence-corrected chi connectivity index (χ3v) is 6.26. The molecule has 1 aliphatic heterocycles. The van der Waals surface area contributed by atoms with E-state index in [-0.39, 0.29) is 0 Å². The van der Waals surface area contributed by atoms with Crippen LogP contribution < -0.4 is 0 Å². The molecule has 4 rings (SSSR count). The number of hydrogen-bond donors (Lipinski definition) is 0. The van der Waals surface area contributed by atoms with Crippen molar-refractivity contribution in [1.29, 1.82) is 0 Å². The van der Waals surface area contributed by atoms with Crippen LogP contribution in [0.15, 0.2) is 17.5 Å². The fourth-order valence-electron chi connectivity index (χ4n) is 3.34. The molecule has 23 heavy (non-hydrogen) atoms.